The third-order valence-electron chi connectivity index (χ3n) is 5.38. The molecule has 1 heterocycles. The minimum Gasteiger partial charge on any atom is -0.494 e. The summed E-state index contributed by atoms with van der Waals surface area (Å²) in [7, 11) is 0. The Morgan fingerprint density at radius 1 is 0.879 bits per heavy atom. The summed E-state index contributed by atoms with van der Waals surface area (Å²) in [5, 5.41) is 2.84. The van der Waals surface area contributed by atoms with Crippen LogP contribution >= 0.6 is 0 Å². The monoisotopic (exact) mass is 453 g/mol. The highest BCUT2D eigenvalue weighted by atomic mass is 16.5. The van der Waals surface area contributed by atoms with Gasteiger partial charge in [0.1, 0.15) is 5.75 Å². The molecule has 8 heteroatoms. The van der Waals surface area contributed by atoms with Crippen LogP contribution in [0.2, 0.25) is 0 Å². The summed E-state index contributed by atoms with van der Waals surface area (Å²) in [5.74, 6) is -0.128. The predicted molar refractivity (Wildman–Crippen MR) is 125 cm³/mol. The Morgan fingerprint density at radius 2 is 1.55 bits per heavy atom. The van der Waals surface area contributed by atoms with Crippen LogP contribution in [0.3, 0.4) is 0 Å². The minimum absolute atomic E-state index is 0.197. The molecule has 1 saturated heterocycles. The number of esters is 1. The van der Waals surface area contributed by atoms with E-state index in [1.54, 1.807) is 34.1 Å². The summed E-state index contributed by atoms with van der Waals surface area (Å²) in [6.45, 7) is 4.07. The first-order valence-corrected chi connectivity index (χ1v) is 11.4. The number of urea groups is 1. The van der Waals surface area contributed by atoms with Crippen LogP contribution in [0.25, 0.3) is 0 Å². The quantitative estimate of drug-likeness (QED) is 0.461. The van der Waals surface area contributed by atoms with Gasteiger partial charge in [0.2, 0.25) is 0 Å². The van der Waals surface area contributed by atoms with Crippen molar-refractivity contribution in [2.45, 2.75) is 26.2 Å². The average Bonchev–Trinajstić information content (AvgIpc) is 2.86. The zero-order chi connectivity index (χ0) is 23.5. The van der Waals surface area contributed by atoms with Crippen molar-refractivity contribution >= 4 is 23.6 Å². The lowest BCUT2D eigenvalue weighted by Gasteiger charge is -2.34. The van der Waals surface area contributed by atoms with E-state index < -0.39 is 5.97 Å². The van der Waals surface area contributed by atoms with E-state index in [0.717, 1.165) is 24.9 Å². The Bertz CT molecular complexity index is 909. The fraction of sp³-hybridized carbons (Fsp3) is 0.400. The number of carbonyl (C=O) groups is 3. The fourth-order valence-electron chi connectivity index (χ4n) is 3.41. The number of ether oxygens (including phenoxy) is 2. The van der Waals surface area contributed by atoms with Crippen molar-refractivity contribution in [2.75, 3.05) is 44.7 Å². The van der Waals surface area contributed by atoms with Crippen LogP contribution in [-0.2, 0) is 9.53 Å². The second-order valence-corrected chi connectivity index (χ2v) is 7.82. The van der Waals surface area contributed by atoms with Gasteiger partial charge in [-0.2, -0.15) is 0 Å². The van der Waals surface area contributed by atoms with Crippen molar-refractivity contribution in [3.63, 3.8) is 0 Å². The lowest BCUT2D eigenvalue weighted by molar-refractivity contribution is -0.135. The minimum atomic E-state index is -0.554. The first-order valence-electron chi connectivity index (χ1n) is 11.4. The Kier molecular flexibility index (Phi) is 9.11. The van der Waals surface area contributed by atoms with Crippen LogP contribution in [0, 0.1) is 0 Å². The van der Waals surface area contributed by atoms with E-state index in [2.05, 4.69) is 12.2 Å². The fourth-order valence-corrected chi connectivity index (χ4v) is 3.41. The number of nitrogens with zero attached hydrogens (tertiary/aromatic N) is 2. The number of nitrogens with one attached hydrogen (secondary N) is 1. The van der Waals surface area contributed by atoms with Crippen LogP contribution in [0.1, 0.15) is 36.5 Å². The maximum atomic E-state index is 12.4. The van der Waals surface area contributed by atoms with E-state index in [1.165, 1.54) is 0 Å². The summed E-state index contributed by atoms with van der Waals surface area (Å²) in [4.78, 5) is 40.3. The third kappa shape index (κ3) is 7.52. The Labute approximate surface area is 194 Å². The van der Waals surface area contributed by atoms with Gasteiger partial charge in [0.05, 0.1) is 12.2 Å². The van der Waals surface area contributed by atoms with Gasteiger partial charge in [0, 0.05) is 31.9 Å². The molecule has 1 fully saturated rings. The van der Waals surface area contributed by atoms with Gasteiger partial charge in [-0.15, -0.1) is 0 Å². The van der Waals surface area contributed by atoms with Crippen molar-refractivity contribution < 1.29 is 23.9 Å². The van der Waals surface area contributed by atoms with Gasteiger partial charge >= 0.3 is 12.0 Å². The number of rotatable bonds is 9. The summed E-state index contributed by atoms with van der Waals surface area (Å²) in [6, 6.07) is 15.7. The highest BCUT2D eigenvalue weighted by Crippen LogP contribution is 2.14. The van der Waals surface area contributed by atoms with Gasteiger partial charge in [-0.3, -0.25) is 4.79 Å². The highest BCUT2D eigenvalue weighted by molar-refractivity contribution is 5.92. The number of hydrogen-bond acceptors (Lipinski definition) is 5. The number of benzene rings is 2. The first kappa shape index (κ1) is 24.1. The maximum absolute atomic E-state index is 12.4. The normalized spacial score (nSPS) is 13.4. The molecule has 33 heavy (non-hydrogen) atoms. The second-order valence-electron chi connectivity index (χ2n) is 7.82. The Hall–Kier alpha value is -3.55. The van der Waals surface area contributed by atoms with Gasteiger partial charge in [-0.05, 0) is 42.8 Å². The van der Waals surface area contributed by atoms with Crippen LogP contribution in [0.15, 0.2) is 54.6 Å². The molecule has 8 nitrogen and oxygen atoms in total. The molecule has 0 atom stereocenters. The second kappa shape index (κ2) is 12.5. The van der Waals surface area contributed by atoms with Crippen LogP contribution in [-0.4, -0.2) is 67.1 Å². The van der Waals surface area contributed by atoms with Crippen molar-refractivity contribution in [2.24, 2.45) is 0 Å². The van der Waals surface area contributed by atoms with Gasteiger partial charge in [-0.1, -0.05) is 38.0 Å². The van der Waals surface area contributed by atoms with E-state index in [1.807, 2.05) is 30.3 Å². The van der Waals surface area contributed by atoms with Gasteiger partial charge < -0.3 is 24.6 Å². The molecule has 3 rings (SSSR count). The standard InChI is InChI=1S/C25H31N3O5/c1-2-3-7-18-32-22-12-10-20(11-13-22)24(30)33-19-23(29)27-14-16-28(17-15-27)25(31)26-21-8-5-4-6-9-21/h4-6,8-13H,2-3,7,14-19H2,1H3,(H,26,31). The molecule has 2 aromatic rings. The van der Waals surface area contributed by atoms with Gasteiger partial charge in [-0.25, -0.2) is 9.59 Å². The molecule has 0 aromatic heterocycles. The summed E-state index contributed by atoms with van der Waals surface area (Å²) >= 11 is 0. The highest BCUT2D eigenvalue weighted by Gasteiger charge is 2.25. The molecule has 0 aliphatic carbocycles. The Balaban J connectivity index is 1.37. The molecule has 176 valence electrons. The lowest BCUT2D eigenvalue weighted by Crippen LogP contribution is -2.52. The number of anilines is 1. The van der Waals surface area contributed by atoms with E-state index >= 15 is 0 Å². The largest absolute Gasteiger partial charge is 0.494 e. The third-order valence-corrected chi connectivity index (χ3v) is 5.38. The van der Waals surface area contributed by atoms with Crippen LogP contribution in [0.4, 0.5) is 10.5 Å². The summed E-state index contributed by atoms with van der Waals surface area (Å²) < 4.78 is 10.8. The molecule has 0 radical (unpaired) electrons. The predicted octanol–water partition coefficient (Wildman–Crippen LogP) is 3.79. The maximum Gasteiger partial charge on any atom is 0.338 e. The van der Waals surface area contributed by atoms with Crippen molar-refractivity contribution in [1.29, 1.82) is 0 Å². The van der Waals surface area contributed by atoms with E-state index in [9.17, 15) is 14.4 Å². The number of piperazine rings is 1. The van der Waals surface area contributed by atoms with Crippen molar-refractivity contribution in [3.05, 3.63) is 60.2 Å². The average molecular weight is 454 g/mol. The van der Waals surface area contributed by atoms with Crippen LogP contribution < -0.4 is 10.1 Å². The van der Waals surface area contributed by atoms with E-state index in [4.69, 9.17) is 9.47 Å². The summed E-state index contributed by atoms with van der Waals surface area (Å²) in [6.07, 6.45) is 3.24. The summed E-state index contributed by atoms with van der Waals surface area (Å²) in [5.41, 5.74) is 1.09. The van der Waals surface area contributed by atoms with Gasteiger partial charge in [0.25, 0.3) is 5.91 Å². The lowest BCUT2D eigenvalue weighted by atomic mass is 10.2. The molecule has 1 aliphatic rings. The number of hydrogen-bond donors (Lipinski definition) is 1. The topological polar surface area (TPSA) is 88.2 Å². The van der Waals surface area contributed by atoms with Gasteiger partial charge in [0.15, 0.2) is 6.61 Å². The molecule has 2 aromatic carbocycles. The number of unbranched alkanes of at least 4 members (excludes halogenated alkanes) is 2. The van der Waals surface area contributed by atoms with Crippen molar-refractivity contribution in [1.82, 2.24) is 9.80 Å². The van der Waals surface area contributed by atoms with E-state index in [0.29, 0.717) is 44.1 Å². The number of carbonyl (C=O) groups excluding carboxylic acids is 3. The zero-order valence-corrected chi connectivity index (χ0v) is 19.0. The zero-order valence-electron chi connectivity index (χ0n) is 19.0. The molecule has 0 bridgehead atoms. The molecule has 1 aliphatic heterocycles. The molecular weight excluding hydrogens is 422 g/mol. The SMILES string of the molecule is CCCCCOc1ccc(C(=O)OCC(=O)N2CCN(C(=O)Nc3ccccc3)CC2)cc1. The molecular formula is C25H31N3O5. The molecule has 0 unspecified atom stereocenters. The molecule has 3 amide bonds. The Morgan fingerprint density at radius 3 is 2.21 bits per heavy atom. The molecule has 0 spiro atoms. The number of amides is 3. The van der Waals surface area contributed by atoms with Crippen molar-refractivity contribution in [3.8, 4) is 5.75 Å². The molecule has 1 N–H and O–H groups in total. The molecule has 0 saturated carbocycles. The first-order chi connectivity index (χ1) is 16.1. The smallest absolute Gasteiger partial charge is 0.338 e. The van der Waals surface area contributed by atoms with E-state index in [-0.39, 0.29) is 18.5 Å². The number of para-hydroxylation sites is 1. The van der Waals surface area contributed by atoms with Crippen LogP contribution in [0.5, 0.6) is 5.75 Å².